The van der Waals surface area contributed by atoms with Crippen molar-refractivity contribution in [2.45, 2.75) is 12.8 Å². The zero-order valence-corrected chi connectivity index (χ0v) is 11.1. The molecule has 1 aromatic rings. The molecule has 4 heteroatoms. The van der Waals surface area contributed by atoms with Gasteiger partial charge in [-0.1, -0.05) is 18.2 Å². The number of ether oxygens (including phenoxy) is 1. The summed E-state index contributed by atoms with van der Waals surface area (Å²) in [7, 11) is 1.42. The van der Waals surface area contributed by atoms with Gasteiger partial charge in [0, 0.05) is 19.6 Å². The van der Waals surface area contributed by atoms with Gasteiger partial charge in [-0.2, -0.15) is 0 Å². The molecule has 0 saturated heterocycles. The van der Waals surface area contributed by atoms with E-state index in [1.54, 1.807) is 12.1 Å². The number of methoxy groups -OCH3 is 1. The lowest BCUT2D eigenvalue weighted by atomic mass is 9.99. The number of phenolic OH excluding ortho intramolecular Hbond substituents is 1. The minimum atomic E-state index is -0.159. The van der Waals surface area contributed by atoms with Crippen LogP contribution in [0.4, 0.5) is 0 Å². The second kappa shape index (κ2) is 6.38. The number of hydrogen-bond donors (Lipinski definition) is 1. The lowest BCUT2D eigenvalue weighted by molar-refractivity contribution is -0.140. The zero-order valence-electron chi connectivity index (χ0n) is 11.1. The summed E-state index contributed by atoms with van der Waals surface area (Å²) in [5, 5.41) is 9.27. The van der Waals surface area contributed by atoms with Crippen LogP contribution in [0.25, 0.3) is 5.57 Å². The van der Waals surface area contributed by atoms with E-state index in [0.717, 1.165) is 31.6 Å². The first-order valence-corrected chi connectivity index (χ1v) is 6.46. The Labute approximate surface area is 113 Å². The summed E-state index contributed by atoms with van der Waals surface area (Å²) < 4.78 is 4.64. The van der Waals surface area contributed by atoms with E-state index >= 15 is 0 Å². The van der Waals surface area contributed by atoms with Crippen molar-refractivity contribution >= 4 is 11.5 Å². The van der Waals surface area contributed by atoms with Crippen LogP contribution in [0.5, 0.6) is 5.75 Å². The molecule has 0 aromatic heterocycles. The first-order chi connectivity index (χ1) is 9.19. The number of carbonyl (C=O) groups excluding carboxylic acids is 1. The molecule has 1 N–H and O–H groups in total. The number of esters is 1. The maximum Gasteiger partial charge on any atom is 0.306 e. The van der Waals surface area contributed by atoms with Crippen LogP contribution in [0, 0.1) is 0 Å². The molecule has 1 heterocycles. The molecule has 1 aliphatic rings. The van der Waals surface area contributed by atoms with Crippen LogP contribution in [-0.4, -0.2) is 42.7 Å². The minimum Gasteiger partial charge on any atom is -0.508 e. The fraction of sp³-hybridized carbons (Fsp3) is 0.400. The van der Waals surface area contributed by atoms with Crippen LogP contribution in [0.15, 0.2) is 30.3 Å². The molecular weight excluding hydrogens is 242 g/mol. The van der Waals surface area contributed by atoms with Crippen LogP contribution in [-0.2, 0) is 9.53 Å². The van der Waals surface area contributed by atoms with Gasteiger partial charge < -0.3 is 9.84 Å². The Morgan fingerprint density at radius 1 is 1.37 bits per heavy atom. The van der Waals surface area contributed by atoms with Crippen molar-refractivity contribution in [3.8, 4) is 5.75 Å². The predicted molar refractivity (Wildman–Crippen MR) is 73.8 cm³/mol. The van der Waals surface area contributed by atoms with E-state index in [0.29, 0.717) is 12.2 Å². The lowest BCUT2D eigenvalue weighted by Crippen LogP contribution is -2.30. The Hall–Kier alpha value is -1.81. The number of hydrogen-bond acceptors (Lipinski definition) is 4. The number of rotatable bonds is 4. The normalized spacial score (nSPS) is 15.9. The minimum absolute atomic E-state index is 0.159. The maximum atomic E-state index is 11.1. The van der Waals surface area contributed by atoms with E-state index in [9.17, 15) is 9.90 Å². The highest BCUT2D eigenvalue weighted by molar-refractivity contribution is 5.69. The second-order valence-corrected chi connectivity index (χ2v) is 4.65. The Morgan fingerprint density at radius 2 is 2.11 bits per heavy atom. The average Bonchev–Trinajstić information content (AvgIpc) is 2.46. The van der Waals surface area contributed by atoms with Crippen molar-refractivity contribution in [1.29, 1.82) is 0 Å². The molecule has 0 unspecified atom stereocenters. The molecule has 0 fully saturated rings. The molecule has 0 atom stereocenters. The fourth-order valence-electron chi connectivity index (χ4n) is 2.20. The first-order valence-electron chi connectivity index (χ1n) is 6.46. The van der Waals surface area contributed by atoms with E-state index in [1.165, 1.54) is 12.7 Å². The maximum absolute atomic E-state index is 11.1. The van der Waals surface area contributed by atoms with Crippen molar-refractivity contribution in [2.75, 3.05) is 26.7 Å². The van der Waals surface area contributed by atoms with Crippen LogP contribution < -0.4 is 0 Å². The van der Waals surface area contributed by atoms with Gasteiger partial charge in [0.1, 0.15) is 5.75 Å². The summed E-state index contributed by atoms with van der Waals surface area (Å²) in [6, 6.07) is 7.29. The molecule has 19 heavy (non-hydrogen) atoms. The molecule has 0 bridgehead atoms. The summed E-state index contributed by atoms with van der Waals surface area (Å²) in [5.41, 5.74) is 2.46. The van der Waals surface area contributed by atoms with Gasteiger partial charge in [-0.25, -0.2) is 0 Å². The van der Waals surface area contributed by atoms with Crippen molar-refractivity contribution in [3.05, 3.63) is 35.9 Å². The number of nitrogens with zero attached hydrogens (tertiary/aromatic N) is 1. The Balaban J connectivity index is 1.89. The molecule has 0 radical (unpaired) electrons. The number of phenols is 1. The van der Waals surface area contributed by atoms with Gasteiger partial charge in [-0.05, 0) is 29.7 Å². The van der Waals surface area contributed by atoms with Crippen molar-refractivity contribution < 1.29 is 14.6 Å². The van der Waals surface area contributed by atoms with E-state index < -0.39 is 0 Å². The molecule has 4 nitrogen and oxygen atoms in total. The highest BCUT2D eigenvalue weighted by atomic mass is 16.5. The van der Waals surface area contributed by atoms with Gasteiger partial charge in [0.25, 0.3) is 0 Å². The Morgan fingerprint density at radius 3 is 2.68 bits per heavy atom. The van der Waals surface area contributed by atoms with Crippen LogP contribution in [0.1, 0.15) is 18.4 Å². The molecule has 1 aromatic carbocycles. The monoisotopic (exact) mass is 261 g/mol. The zero-order chi connectivity index (χ0) is 13.7. The molecule has 0 amide bonds. The summed E-state index contributed by atoms with van der Waals surface area (Å²) in [6.07, 6.45) is 3.60. The Kier molecular flexibility index (Phi) is 4.58. The largest absolute Gasteiger partial charge is 0.508 e. The summed E-state index contributed by atoms with van der Waals surface area (Å²) in [5.74, 6) is 0.133. The van der Waals surface area contributed by atoms with E-state index in [1.807, 2.05) is 12.1 Å². The highest BCUT2D eigenvalue weighted by Crippen LogP contribution is 2.23. The molecular formula is C15H19NO3. The van der Waals surface area contributed by atoms with Crippen LogP contribution in [0.3, 0.4) is 0 Å². The third-order valence-corrected chi connectivity index (χ3v) is 3.39. The van der Waals surface area contributed by atoms with Gasteiger partial charge >= 0.3 is 5.97 Å². The van der Waals surface area contributed by atoms with E-state index in [2.05, 4.69) is 15.7 Å². The predicted octanol–water partition coefficient (Wildman–Crippen LogP) is 2.04. The van der Waals surface area contributed by atoms with Gasteiger partial charge in [0.05, 0.1) is 13.5 Å². The van der Waals surface area contributed by atoms with Crippen LogP contribution in [0.2, 0.25) is 0 Å². The molecule has 0 aliphatic carbocycles. The Bertz CT molecular complexity index is 465. The van der Waals surface area contributed by atoms with Gasteiger partial charge in [-0.3, -0.25) is 9.69 Å². The quantitative estimate of drug-likeness (QED) is 0.843. The molecule has 0 spiro atoms. The third-order valence-electron chi connectivity index (χ3n) is 3.39. The third kappa shape index (κ3) is 3.83. The van der Waals surface area contributed by atoms with Crippen molar-refractivity contribution in [3.63, 3.8) is 0 Å². The summed E-state index contributed by atoms with van der Waals surface area (Å²) >= 11 is 0. The van der Waals surface area contributed by atoms with Crippen molar-refractivity contribution in [2.24, 2.45) is 0 Å². The van der Waals surface area contributed by atoms with Gasteiger partial charge in [0.2, 0.25) is 0 Å². The lowest BCUT2D eigenvalue weighted by Gasteiger charge is -2.26. The summed E-state index contributed by atoms with van der Waals surface area (Å²) in [4.78, 5) is 13.3. The molecule has 0 saturated carbocycles. The molecule has 2 rings (SSSR count). The molecule has 102 valence electrons. The standard InChI is InChI=1S/C15H19NO3/c1-19-15(18)8-11-16-9-6-13(7-10-16)12-2-4-14(17)5-3-12/h2-6,17H,7-11H2,1H3. The smallest absolute Gasteiger partial charge is 0.306 e. The average molecular weight is 261 g/mol. The SMILES string of the molecule is COC(=O)CCN1CC=C(c2ccc(O)cc2)CC1. The second-order valence-electron chi connectivity index (χ2n) is 4.65. The topological polar surface area (TPSA) is 49.8 Å². The van der Waals surface area contributed by atoms with Gasteiger partial charge in [0.15, 0.2) is 0 Å². The highest BCUT2D eigenvalue weighted by Gasteiger charge is 2.14. The number of aromatic hydroxyl groups is 1. The first kappa shape index (κ1) is 13.6. The number of benzene rings is 1. The van der Waals surface area contributed by atoms with E-state index in [4.69, 9.17) is 0 Å². The number of carbonyl (C=O) groups is 1. The summed E-state index contributed by atoms with van der Waals surface area (Å²) in [6.45, 7) is 2.54. The van der Waals surface area contributed by atoms with Crippen LogP contribution >= 0.6 is 0 Å². The molecule has 1 aliphatic heterocycles. The van der Waals surface area contributed by atoms with E-state index in [-0.39, 0.29) is 5.97 Å². The van der Waals surface area contributed by atoms with Gasteiger partial charge in [-0.15, -0.1) is 0 Å². The fourth-order valence-corrected chi connectivity index (χ4v) is 2.20. The van der Waals surface area contributed by atoms with Crippen molar-refractivity contribution in [1.82, 2.24) is 4.90 Å².